The molecule has 0 amide bonds. The SMILES string of the molecule is CC1C(N)CCN1C(O)(O)C1=CC(C)(C)C=C1. The molecule has 2 aliphatic rings. The summed E-state index contributed by atoms with van der Waals surface area (Å²) >= 11 is 0. The number of hydrogen-bond donors (Lipinski definition) is 3. The molecule has 96 valence electrons. The Morgan fingerprint density at radius 1 is 1.47 bits per heavy atom. The first kappa shape index (κ1) is 12.8. The van der Waals surface area contributed by atoms with E-state index in [4.69, 9.17) is 5.73 Å². The molecule has 0 aromatic heterocycles. The highest BCUT2D eigenvalue weighted by Crippen LogP contribution is 2.36. The van der Waals surface area contributed by atoms with Crippen LogP contribution in [-0.4, -0.2) is 39.7 Å². The Balaban J connectivity index is 2.23. The van der Waals surface area contributed by atoms with Crippen LogP contribution in [0.5, 0.6) is 0 Å². The van der Waals surface area contributed by atoms with E-state index in [0.29, 0.717) is 12.1 Å². The molecule has 17 heavy (non-hydrogen) atoms. The minimum atomic E-state index is -1.90. The quantitative estimate of drug-likeness (QED) is 0.615. The first-order valence-electron chi connectivity index (χ1n) is 6.14. The first-order valence-corrected chi connectivity index (χ1v) is 6.14. The van der Waals surface area contributed by atoms with Gasteiger partial charge in [0.25, 0.3) is 5.91 Å². The maximum atomic E-state index is 10.3. The Hall–Kier alpha value is -0.680. The number of allylic oxidation sites excluding steroid dienone is 2. The van der Waals surface area contributed by atoms with Crippen LogP contribution in [0, 0.1) is 5.41 Å². The van der Waals surface area contributed by atoms with E-state index in [1.165, 1.54) is 0 Å². The lowest BCUT2D eigenvalue weighted by Crippen LogP contribution is -2.53. The van der Waals surface area contributed by atoms with Gasteiger partial charge in [-0.05, 0) is 13.3 Å². The summed E-state index contributed by atoms with van der Waals surface area (Å²) in [6.45, 7) is 6.61. The Kier molecular flexibility index (Phi) is 2.94. The Morgan fingerprint density at radius 3 is 2.53 bits per heavy atom. The van der Waals surface area contributed by atoms with Gasteiger partial charge in [0.05, 0.1) is 0 Å². The maximum absolute atomic E-state index is 10.3. The highest BCUT2D eigenvalue weighted by Gasteiger charge is 2.44. The van der Waals surface area contributed by atoms with Crippen LogP contribution >= 0.6 is 0 Å². The van der Waals surface area contributed by atoms with Crippen molar-refractivity contribution >= 4 is 0 Å². The van der Waals surface area contributed by atoms with Gasteiger partial charge in [0, 0.05) is 29.6 Å². The van der Waals surface area contributed by atoms with E-state index in [2.05, 4.69) is 0 Å². The summed E-state index contributed by atoms with van der Waals surface area (Å²) in [7, 11) is 0. The molecule has 1 aliphatic heterocycles. The molecule has 0 bridgehead atoms. The highest BCUT2D eigenvalue weighted by atomic mass is 16.5. The van der Waals surface area contributed by atoms with Crippen LogP contribution < -0.4 is 5.73 Å². The van der Waals surface area contributed by atoms with E-state index in [1.54, 1.807) is 11.0 Å². The maximum Gasteiger partial charge on any atom is 0.253 e. The van der Waals surface area contributed by atoms with Crippen LogP contribution in [0.3, 0.4) is 0 Å². The summed E-state index contributed by atoms with van der Waals surface area (Å²) in [6.07, 6.45) is 6.45. The molecule has 0 saturated carbocycles. The summed E-state index contributed by atoms with van der Waals surface area (Å²) < 4.78 is 0. The molecule has 0 radical (unpaired) electrons. The van der Waals surface area contributed by atoms with Crippen LogP contribution in [0.1, 0.15) is 27.2 Å². The van der Waals surface area contributed by atoms with Crippen LogP contribution in [0.2, 0.25) is 0 Å². The zero-order chi connectivity index (χ0) is 12.8. The van der Waals surface area contributed by atoms with Crippen molar-refractivity contribution in [3.8, 4) is 0 Å². The summed E-state index contributed by atoms with van der Waals surface area (Å²) in [4.78, 5) is 1.66. The summed E-state index contributed by atoms with van der Waals surface area (Å²) in [6, 6.07) is -0.0179. The van der Waals surface area contributed by atoms with Gasteiger partial charge in [0.1, 0.15) is 0 Å². The van der Waals surface area contributed by atoms with E-state index in [-0.39, 0.29) is 17.5 Å². The van der Waals surface area contributed by atoms with Gasteiger partial charge in [0.2, 0.25) is 0 Å². The summed E-state index contributed by atoms with van der Waals surface area (Å²) in [5.41, 5.74) is 6.35. The van der Waals surface area contributed by atoms with E-state index in [1.807, 2.05) is 32.9 Å². The minimum absolute atomic E-state index is 0.00710. The standard InChI is InChI=1S/C13H22N2O2/c1-9-11(14)5-7-15(9)13(16,17)10-4-6-12(2,3)8-10/h4,6,8-9,11,16-17H,5,7,14H2,1-3H3. The van der Waals surface area contributed by atoms with Crippen molar-refractivity contribution in [3.05, 3.63) is 23.8 Å². The van der Waals surface area contributed by atoms with Crippen molar-refractivity contribution in [2.75, 3.05) is 6.54 Å². The first-order chi connectivity index (χ1) is 7.74. The van der Waals surface area contributed by atoms with Crippen molar-refractivity contribution in [2.24, 2.45) is 11.1 Å². The van der Waals surface area contributed by atoms with Crippen LogP contribution in [0.15, 0.2) is 23.8 Å². The second-order valence-corrected chi connectivity index (χ2v) is 5.78. The average Bonchev–Trinajstić information content (AvgIpc) is 2.72. The van der Waals surface area contributed by atoms with Crippen LogP contribution in [0.4, 0.5) is 0 Å². The predicted octanol–water partition coefficient (Wildman–Crippen LogP) is 0.569. The zero-order valence-electron chi connectivity index (χ0n) is 10.7. The molecule has 4 heteroatoms. The molecule has 0 aromatic carbocycles. The molecule has 4 nitrogen and oxygen atoms in total. The van der Waals surface area contributed by atoms with E-state index in [0.717, 1.165) is 6.42 Å². The molecule has 1 fully saturated rings. The Bertz CT molecular complexity index is 372. The van der Waals surface area contributed by atoms with Crippen LogP contribution in [-0.2, 0) is 0 Å². The molecule has 0 spiro atoms. The Morgan fingerprint density at radius 2 is 2.12 bits per heavy atom. The molecular weight excluding hydrogens is 216 g/mol. The lowest BCUT2D eigenvalue weighted by molar-refractivity contribution is -0.236. The largest absolute Gasteiger partial charge is 0.349 e. The van der Waals surface area contributed by atoms with E-state index in [9.17, 15) is 10.2 Å². The third-order valence-corrected chi connectivity index (χ3v) is 3.82. The third kappa shape index (κ3) is 2.18. The second kappa shape index (κ2) is 3.92. The van der Waals surface area contributed by atoms with Crippen molar-refractivity contribution in [1.29, 1.82) is 0 Å². The molecule has 4 N–H and O–H groups in total. The molecule has 2 unspecified atom stereocenters. The number of rotatable bonds is 2. The smallest absolute Gasteiger partial charge is 0.253 e. The molecule has 1 saturated heterocycles. The van der Waals surface area contributed by atoms with Crippen LogP contribution in [0.25, 0.3) is 0 Å². The fourth-order valence-corrected chi connectivity index (χ4v) is 2.58. The van der Waals surface area contributed by atoms with Gasteiger partial charge >= 0.3 is 0 Å². The molecule has 2 rings (SSSR count). The Labute approximate surface area is 102 Å². The fourth-order valence-electron chi connectivity index (χ4n) is 2.58. The number of likely N-dealkylation sites (tertiary alicyclic amines) is 1. The van der Waals surface area contributed by atoms with Crippen molar-refractivity contribution in [3.63, 3.8) is 0 Å². The fraction of sp³-hybridized carbons (Fsp3) is 0.692. The van der Waals surface area contributed by atoms with Gasteiger partial charge in [0.15, 0.2) is 0 Å². The lowest BCUT2D eigenvalue weighted by Gasteiger charge is -2.36. The predicted molar refractivity (Wildman–Crippen MR) is 66.9 cm³/mol. The zero-order valence-corrected chi connectivity index (χ0v) is 10.7. The highest BCUT2D eigenvalue weighted by molar-refractivity contribution is 5.36. The van der Waals surface area contributed by atoms with Gasteiger partial charge in [-0.15, -0.1) is 0 Å². The number of nitrogens with two attached hydrogens (primary N) is 1. The molecule has 1 heterocycles. The number of nitrogens with zero attached hydrogens (tertiary/aromatic N) is 1. The number of hydrogen-bond acceptors (Lipinski definition) is 4. The van der Waals surface area contributed by atoms with Crippen molar-refractivity contribution < 1.29 is 10.2 Å². The molecule has 1 aliphatic carbocycles. The van der Waals surface area contributed by atoms with E-state index >= 15 is 0 Å². The normalized spacial score (nSPS) is 33.2. The van der Waals surface area contributed by atoms with Gasteiger partial charge in [-0.2, -0.15) is 0 Å². The average molecular weight is 238 g/mol. The van der Waals surface area contributed by atoms with Gasteiger partial charge in [-0.25, -0.2) is 4.90 Å². The number of aliphatic hydroxyl groups is 2. The molecule has 0 aromatic rings. The summed E-state index contributed by atoms with van der Waals surface area (Å²) in [5.74, 6) is -1.90. The van der Waals surface area contributed by atoms with Gasteiger partial charge in [-0.1, -0.05) is 32.1 Å². The van der Waals surface area contributed by atoms with Crippen molar-refractivity contribution in [1.82, 2.24) is 4.90 Å². The third-order valence-electron chi connectivity index (χ3n) is 3.82. The monoisotopic (exact) mass is 238 g/mol. The molecule has 2 atom stereocenters. The van der Waals surface area contributed by atoms with Crippen molar-refractivity contribution in [2.45, 2.75) is 45.2 Å². The minimum Gasteiger partial charge on any atom is -0.349 e. The molecular formula is C13H22N2O2. The van der Waals surface area contributed by atoms with Gasteiger partial charge in [-0.3, -0.25) is 0 Å². The van der Waals surface area contributed by atoms with E-state index < -0.39 is 5.91 Å². The van der Waals surface area contributed by atoms with Gasteiger partial charge < -0.3 is 15.9 Å². The lowest BCUT2D eigenvalue weighted by atomic mass is 9.96. The topological polar surface area (TPSA) is 69.7 Å². The summed E-state index contributed by atoms with van der Waals surface area (Å²) in [5, 5.41) is 20.7. The second-order valence-electron chi connectivity index (χ2n) is 5.78.